The van der Waals surface area contributed by atoms with Gasteiger partial charge in [0.25, 0.3) is 5.91 Å². The van der Waals surface area contributed by atoms with Crippen molar-refractivity contribution >= 4 is 17.5 Å². The van der Waals surface area contributed by atoms with E-state index in [2.05, 4.69) is 15.5 Å². The first-order chi connectivity index (χ1) is 13.5. The van der Waals surface area contributed by atoms with Crippen molar-refractivity contribution in [1.29, 1.82) is 0 Å². The second kappa shape index (κ2) is 8.02. The van der Waals surface area contributed by atoms with Crippen LogP contribution in [0.3, 0.4) is 0 Å². The van der Waals surface area contributed by atoms with Gasteiger partial charge in [-0.2, -0.15) is 0 Å². The number of carbonyl (C=O) groups is 2. The van der Waals surface area contributed by atoms with E-state index < -0.39 is 0 Å². The van der Waals surface area contributed by atoms with E-state index >= 15 is 0 Å². The normalized spacial score (nSPS) is 23.1. The van der Waals surface area contributed by atoms with Crippen LogP contribution in [0.5, 0.6) is 11.5 Å². The number of benzene rings is 2. The molecule has 0 aliphatic carbocycles. The third-order valence-corrected chi connectivity index (χ3v) is 5.33. The summed E-state index contributed by atoms with van der Waals surface area (Å²) in [6.07, 6.45) is 2.34. The van der Waals surface area contributed by atoms with Crippen LogP contribution in [0.2, 0.25) is 0 Å². The maximum Gasteiger partial charge on any atom is 0.251 e. The number of fused-ring (bicyclic) bond motifs is 2. The Kier molecular flexibility index (Phi) is 5.30. The lowest BCUT2D eigenvalue weighted by atomic mass is 9.96. The third-order valence-electron chi connectivity index (χ3n) is 5.33. The second-order valence-electron chi connectivity index (χ2n) is 7.65. The minimum absolute atomic E-state index is 0.0290. The number of rotatable bonds is 5. The van der Waals surface area contributed by atoms with Crippen molar-refractivity contribution in [1.82, 2.24) is 10.2 Å². The highest BCUT2D eigenvalue weighted by Crippen LogP contribution is 2.27. The number of ether oxygens (including phenoxy) is 1. The Labute approximate surface area is 164 Å². The minimum Gasteiger partial charge on any atom is -0.457 e. The Bertz CT molecular complexity index is 836. The fourth-order valence-electron chi connectivity index (χ4n) is 4.05. The standard InChI is InChI=1S/C22H25N3O3/c1-15(26)23-18-4-8-21(9-5-18)28-20-6-2-17(3-7-20)22(27)24-19-12-16-10-11-25(13-16)14-19/h2-9,16,19H,10-14H2,1H3,(H,23,26)(H,24,27)/t16-,19+/m0/s1. The minimum atomic E-state index is -0.111. The van der Waals surface area contributed by atoms with E-state index in [1.165, 1.54) is 19.9 Å². The number of amides is 2. The topological polar surface area (TPSA) is 70.7 Å². The van der Waals surface area contributed by atoms with E-state index in [0.29, 0.717) is 17.1 Å². The SMILES string of the molecule is CC(=O)Nc1ccc(Oc2ccc(C(=O)N[C@@H]3C[C@@H]4CCN(C4)C3)cc2)cc1. The molecule has 0 spiro atoms. The molecule has 3 atom stereocenters. The summed E-state index contributed by atoms with van der Waals surface area (Å²) in [4.78, 5) is 26.0. The van der Waals surface area contributed by atoms with Gasteiger partial charge in [-0.05, 0) is 73.8 Å². The van der Waals surface area contributed by atoms with E-state index in [1.54, 1.807) is 48.5 Å². The van der Waals surface area contributed by atoms with E-state index in [9.17, 15) is 9.59 Å². The summed E-state index contributed by atoms with van der Waals surface area (Å²) >= 11 is 0. The van der Waals surface area contributed by atoms with Crippen molar-refractivity contribution in [3.8, 4) is 11.5 Å². The van der Waals surface area contributed by atoms with Crippen LogP contribution in [0.1, 0.15) is 30.1 Å². The number of anilines is 1. The third kappa shape index (κ3) is 4.51. The van der Waals surface area contributed by atoms with E-state index in [1.807, 2.05) is 0 Å². The molecular weight excluding hydrogens is 354 g/mol. The van der Waals surface area contributed by atoms with Gasteiger partial charge >= 0.3 is 0 Å². The van der Waals surface area contributed by atoms with Crippen molar-refractivity contribution in [2.75, 3.05) is 25.0 Å². The van der Waals surface area contributed by atoms with Crippen LogP contribution < -0.4 is 15.4 Å². The van der Waals surface area contributed by atoms with Gasteiger partial charge in [0.2, 0.25) is 5.91 Å². The molecule has 6 nitrogen and oxygen atoms in total. The first-order valence-corrected chi connectivity index (χ1v) is 9.74. The molecule has 2 aromatic carbocycles. The first-order valence-electron chi connectivity index (χ1n) is 9.74. The number of piperidine rings is 1. The van der Waals surface area contributed by atoms with Gasteiger partial charge in [-0.25, -0.2) is 0 Å². The maximum absolute atomic E-state index is 12.5. The number of hydrogen-bond acceptors (Lipinski definition) is 4. The molecule has 2 amide bonds. The van der Waals surface area contributed by atoms with Gasteiger partial charge in [-0.15, -0.1) is 0 Å². The molecular formula is C22H25N3O3. The van der Waals surface area contributed by atoms with E-state index in [4.69, 9.17) is 4.74 Å². The summed E-state index contributed by atoms with van der Waals surface area (Å²) in [6, 6.07) is 14.6. The van der Waals surface area contributed by atoms with Crippen LogP contribution >= 0.6 is 0 Å². The summed E-state index contributed by atoms with van der Waals surface area (Å²) in [6.45, 7) is 4.77. The fraction of sp³-hybridized carbons (Fsp3) is 0.364. The smallest absolute Gasteiger partial charge is 0.251 e. The van der Waals surface area contributed by atoms with Gasteiger partial charge in [0.05, 0.1) is 0 Å². The predicted octanol–water partition coefficient (Wildman–Crippen LogP) is 3.26. The molecule has 4 rings (SSSR count). The van der Waals surface area contributed by atoms with Crippen LogP contribution in [-0.2, 0) is 4.79 Å². The fourth-order valence-corrected chi connectivity index (χ4v) is 4.05. The van der Waals surface area contributed by atoms with Crippen molar-refractivity contribution < 1.29 is 14.3 Å². The van der Waals surface area contributed by atoms with Crippen LogP contribution in [0.25, 0.3) is 0 Å². The molecule has 0 aromatic heterocycles. The predicted molar refractivity (Wildman–Crippen MR) is 108 cm³/mol. The van der Waals surface area contributed by atoms with Crippen molar-refractivity contribution in [3.63, 3.8) is 0 Å². The molecule has 1 unspecified atom stereocenters. The van der Waals surface area contributed by atoms with Gasteiger partial charge in [0, 0.05) is 37.3 Å². The van der Waals surface area contributed by atoms with Gasteiger partial charge in [-0.3, -0.25) is 9.59 Å². The Hall–Kier alpha value is -2.86. The van der Waals surface area contributed by atoms with Crippen molar-refractivity contribution in [3.05, 3.63) is 54.1 Å². The molecule has 2 N–H and O–H groups in total. The summed E-state index contributed by atoms with van der Waals surface area (Å²) in [5.74, 6) is 1.91. The zero-order valence-electron chi connectivity index (χ0n) is 16.0. The molecule has 0 saturated carbocycles. The summed E-state index contributed by atoms with van der Waals surface area (Å²) in [5, 5.41) is 5.89. The Morgan fingerprint density at radius 3 is 2.32 bits per heavy atom. The van der Waals surface area contributed by atoms with Gasteiger partial charge in [-0.1, -0.05) is 0 Å². The number of nitrogens with one attached hydrogen (secondary N) is 2. The van der Waals surface area contributed by atoms with Crippen LogP contribution in [0.4, 0.5) is 5.69 Å². The lowest BCUT2D eigenvalue weighted by Gasteiger charge is -2.30. The number of carbonyl (C=O) groups excluding carboxylic acids is 2. The van der Waals surface area contributed by atoms with Gasteiger partial charge < -0.3 is 20.3 Å². The monoisotopic (exact) mass is 379 g/mol. The quantitative estimate of drug-likeness (QED) is 0.837. The van der Waals surface area contributed by atoms with Crippen molar-refractivity contribution in [2.45, 2.75) is 25.8 Å². The van der Waals surface area contributed by atoms with Gasteiger partial charge in [0.15, 0.2) is 0 Å². The van der Waals surface area contributed by atoms with Crippen LogP contribution in [0.15, 0.2) is 48.5 Å². The summed E-state index contributed by atoms with van der Waals surface area (Å²) < 4.78 is 5.81. The maximum atomic E-state index is 12.5. The average Bonchev–Trinajstić information content (AvgIpc) is 3.02. The number of nitrogens with zero attached hydrogens (tertiary/aromatic N) is 1. The van der Waals surface area contributed by atoms with Gasteiger partial charge in [0.1, 0.15) is 11.5 Å². The largest absolute Gasteiger partial charge is 0.457 e. The molecule has 6 heteroatoms. The Morgan fingerprint density at radius 1 is 1.00 bits per heavy atom. The summed E-state index contributed by atoms with van der Waals surface area (Å²) in [7, 11) is 0. The Morgan fingerprint density at radius 2 is 1.68 bits per heavy atom. The molecule has 0 radical (unpaired) electrons. The van der Waals surface area contributed by atoms with Crippen LogP contribution in [0, 0.1) is 5.92 Å². The zero-order valence-corrected chi connectivity index (χ0v) is 16.0. The van der Waals surface area contributed by atoms with E-state index in [-0.39, 0.29) is 17.9 Å². The molecule has 2 aromatic rings. The highest BCUT2D eigenvalue weighted by molar-refractivity contribution is 5.94. The lowest BCUT2D eigenvalue weighted by Crippen LogP contribution is -2.46. The van der Waals surface area contributed by atoms with Crippen molar-refractivity contribution in [2.24, 2.45) is 5.92 Å². The highest BCUT2D eigenvalue weighted by atomic mass is 16.5. The molecule has 2 aliphatic heterocycles. The van der Waals surface area contributed by atoms with E-state index in [0.717, 1.165) is 31.1 Å². The average molecular weight is 379 g/mol. The molecule has 2 heterocycles. The molecule has 2 fully saturated rings. The second-order valence-corrected chi connectivity index (χ2v) is 7.65. The zero-order chi connectivity index (χ0) is 19.5. The molecule has 2 aliphatic rings. The molecule has 146 valence electrons. The first kappa shape index (κ1) is 18.5. The molecule has 2 bridgehead atoms. The highest BCUT2D eigenvalue weighted by Gasteiger charge is 2.32. The van der Waals surface area contributed by atoms with Crippen LogP contribution in [-0.4, -0.2) is 42.4 Å². The number of hydrogen-bond donors (Lipinski definition) is 2. The Balaban J connectivity index is 1.33. The molecule has 28 heavy (non-hydrogen) atoms. The lowest BCUT2D eigenvalue weighted by molar-refractivity contribution is -0.114. The summed E-state index contributed by atoms with van der Waals surface area (Å²) in [5.41, 5.74) is 1.36. The molecule has 2 saturated heterocycles.